The minimum atomic E-state index is -0.704. The molecule has 0 saturated carbocycles. The lowest BCUT2D eigenvalue weighted by molar-refractivity contribution is -0.104. The highest BCUT2D eigenvalue weighted by molar-refractivity contribution is 5.66. The van der Waals surface area contributed by atoms with Crippen LogP contribution in [0.3, 0.4) is 0 Å². The summed E-state index contributed by atoms with van der Waals surface area (Å²) in [5, 5.41) is 0. The monoisotopic (exact) mass is 292 g/mol. The van der Waals surface area contributed by atoms with Crippen LogP contribution in [-0.2, 0) is 4.79 Å². The molecule has 1 nitrogen and oxygen atoms in total. The van der Waals surface area contributed by atoms with Crippen molar-refractivity contribution >= 4 is 6.29 Å². The van der Waals surface area contributed by atoms with E-state index in [1.807, 2.05) is 6.08 Å². The van der Waals surface area contributed by atoms with E-state index in [9.17, 15) is 13.6 Å². The van der Waals surface area contributed by atoms with Crippen molar-refractivity contribution in [2.24, 2.45) is 5.41 Å². The van der Waals surface area contributed by atoms with E-state index in [0.717, 1.165) is 25.0 Å². The summed E-state index contributed by atoms with van der Waals surface area (Å²) in [6.07, 6.45) is 11.1. The Morgan fingerprint density at radius 3 is 2.43 bits per heavy atom. The molecule has 0 aliphatic heterocycles. The summed E-state index contributed by atoms with van der Waals surface area (Å²) in [7, 11) is 0. The third kappa shape index (κ3) is 5.62. The minimum absolute atomic E-state index is 0.0633. The molecule has 0 spiro atoms. The number of carbonyl (C=O) groups excluding carboxylic acids is 1. The van der Waals surface area contributed by atoms with Crippen LogP contribution in [0.1, 0.15) is 40.0 Å². The van der Waals surface area contributed by atoms with Gasteiger partial charge in [-0.15, -0.1) is 0 Å². The molecule has 0 saturated heterocycles. The summed E-state index contributed by atoms with van der Waals surface area (Å²) in [5.41, 5.74) is 2.53. The van der Waals surface area contributed by atoms with Gasteiger partial charge in [-0.05, 0) is 55.4 Å². The lowest BCUT2D eigenvalue weighted by atomic mass is 9.72. The first-order valence-corrected chi connectivity index (χ1v) is 7.10. The van der Waals surface area contributed by atoms with Gasteiger partial charge in [0, 0.05) is 6.08 Å². The summed E-state index contributed by atoms with van der Waals surface area (Å²) >= 11 is 0. The van der Waals surface area contributed by atoms with Crippen LogP contribution in [0.5, 0.6) is 0 Å². The standard InChI is InChI=1S/C18H22F2O/c1-14-6-5-12-18(2,3)17(14)10-9-15(19)7-4-8-16(20)11-13-21/h4,7-11,13H,5-6,12H2,1-3H3/b8-4+,10-9+,15-7-,16-11+. The molecule has 0 aromatic heterocycles. The zero-order chi connectivity index (χ0) is 15.9. The summed E-state index contributed by atoms with van der Waals surface area (Å²) in [5.74, 6) is -1.16. The van der Waals surface area contributed by atoms with E-state index in [2.05, 4.69) is 20.8 Å². The van der Waals surface area contributed by atoms with Gasteiger partial charge in [-0.2, -0.15) is 0 Å². The van der Waals surface area contributed by atoms with E-state index in [0.29, 0.717) is 6.29 Å². The Bertz CT molecular complexity index is 531. The van der Waals surface area contributed by atoms with Crippen molar-refractivity contribution in [2.75, 3.05) is 0 Å². The van der Waals surface area contributed by atoms with Crippen molar-refractivity contribution in [1.29, 1.82) is 0 Å². The lowest BCUT2D eigenvalue weighted by Crippen LogP contribution is -2.19. The summed E-state index contributed by atoms with van der Waals surface area (Å²) in [4.78, 5) is 10.0. The number of hydrogen-bond acceptors (Lipinski definition) is 1. The Labute approximate surface area is 125 Å². The second kappa shape index (κ2) is 7.87. The smallest absolute Gasteiger partial charge is 0.145 e. The molecular weight excluding hydrogens is 270 g/mol. The molecule has 0 amide bonds. The van der Waals surface area contributed by atoms with Crippen LogP contribution < -0.4 is 0 Å². The molecule has 0 aromatic rings. The molecule has 0 atom stereocenters. The van der Waals surface area contributed by atoms with Crippen LogP contribution in [0.4, 0.5) is 8.78 Å². The second-order valence-electron chi connectivity index (χ2n) is 5.86. The van der Waals surface area contributed by atoms with E-state index in [1.165, 1.54) is 35.8 Å². The van der Waals surface area contributed by atoms with Crippen LogP contribution in [-0.4, -0.2) is 6.29 Å². The number of hydrogen-bond donors (Lipinski definition) is 0. The largest absolute Gasteiger partial charge is 0.298 e. The van der Waals surface area contributed by atoms with E-state index in [-0.39, 0.29) is 5.41 Å². The summed E-state index contributed by atoms with van der Waals surface area (Å²) in [6, 6.07) is 0. The number of carbonyl (C=O) groups is 1. The van der Waals surface area contributed by atoms with Crippen LogP contribution in [0.2, 0.25) is 0 Å². The maximum Gasteiger partial charge on any atom is 0.145 e. The number of aldehydes is 1. The van der Waals surface area contributed by atoms with Crippen molar-refractivity contribution < 1.29 is 13.6 Å². The molecule has 0 fully saturated rings. The van der Waals surface area contributed by atoms with Crippen LogP contribution in [0.15, 0.2) is 59.3 Å². The third-order valence-corrected chi connectivity index (χ3v) is 3.69. The van der Waals surface area contributed by atoms with Gasteiger partial charge in [-0.1, -0.05) is 31.6 Å². The van der Waals surface area contributed by atoms with E-state index >= 15 is 0 Å². The van der Waals surface area contributed by atoms with Gasteiger partial charge in [0.25, 0.3) is 0 Å². The molecule has 1 rings (SSSR count). The predicted octanol–water partition coefficient (Wildman–Crippen LogP) is 5.53. The van der Waals surface area contributed by atoms with Gasteiger partial charge in [0.2, 0.25) is 0 Å². The van der Waals surface area contributed by atoms with E-state index < -0.39 is 11.7 Å². The van der Waals surface area contributed by atoms with Crippen molar-refractivity contribution in [3.63, 3.8) is 0 Å². The average molecular weight is 292 g/mol. The fourth-order valence-corrected chi connectivity index (χ4v) is 2.58. The first kappa shape index (κ1) is 17.3. The van der Waals surface area contributed by atoms with Crippen LogP contribution in [0, 0.1) is 5.41 Å². The topological polar surface area (TPSA) is 17.1 Å². The van der Waals surface area contributed by atoms with Crippen molar-refractivity contribution in [2.45, 2.75) is 40.0 Å². The molecular formula is C18H22F2O. The van der Waals surface area contributed by atoms with E-state index in [4.69, 9.17) is 0 Å². The quantitative estimate of drug-likeness (QED) is 0.370. The molecule has 0 unspecified atom stereocenters. The number of allylic oxidation sites excluding steroid dienone is 10. The van der Waals surface area contributed by atoms with Crippen LogP contribution >= 0.6 is 0 Å². The van der Waals surface area contributed by atoms with Gasteiger partial charge >= 0.3 is 0 Å². The molecule has 3 heteroatoms. The fourth-order valence-electron chi connectivity index (χ4n) is 2.58. The molecule has 0 heterocycles. The Hall–Kier alpha value is -1.77. The molecule has 0 N–H and O–H groups in total. The summed E-state index contributed by atoms with van der Waals surface area (Å²) in [6.45, 7) is 6.41. The van der Waals surface area contributed by atoms with Gasteiger partial charge in [0.05, 0.1) is 0 Å². The molecule has 1 aliphatic rings. The third-order valence-electron chi connectivity index (χ3n) is 3.69. The zero-order valence-corrected chi connectivity index (χ0v) is 12.8. The molecule has 1 aliphatic carbocycles. The van der Waals surface area contributed by atoms with Crippen molar-refractivity contribution in [3.8, 4) is 0 Å². The maximum atomic E-state index is 13.7. The zero-order valence-electron chi connectivity index (χ0n) is 12.8. The molecule has 21 heavy (non-hydrogen) atoms. The normalized spacial score (nSPS) is 20.6. The Morgan fingerprint density at radius 1 is 1.14 bits per heavy atom. The highest BCUT2D eigenvalue weighted by Gasteiger charge is 2.26. The molecule has 0 radical (unpaired) electrons. The van der Waals surface area contributed by atoms with Crippen molar-refractivity contribution in [1.82, 2.24) is 0 Å². The molecule has 114 valence electrons. The van der Waals surface area contributed by atoms with E-state index in [1.54, 1.807) is 0 Å². The van der Waals surface area contributed by atoms with Gasteiger partial charge in [-0.25, -0.2) is 8.78 Å². The minimum Gasteiger partial charge on any atom is -0.298 e. The van der Waals surface area contributed by atoms with Crippen LogP contribution in [0.25, 0.3) is 0 Å². The van der Waals surface area contributed by atoms with Gasteiger partial charge in [-0.3, -0.25) is 4.79 Å². The SMILES string of the molecule is CC1=C(/C=C/C(F)=C/C=C/C(F)=C\C=O)C(C)(C)CCC1. The maximum absolute atomic E-state index is 13.7. The Balaban J connectivity index is 2.80. The van der Waals surface area contributed by atoms with Gasteiger partial charge < -0.3 is 0 Å². The second-order valence-corrected chi connectivity index (χ2v) is 5.86. The lowest BCUT2D eigenvalue weighted by Gasteiger charge is -2.32. The molecule has 0 bridgehead atoms. The molecule has 0 aromatic carbocycles. The van der Waals surface area contributed by atoms with Gasteiger partial charge in [0.1, 0.15) is 17.9 Å². The van der Waals surface area contributed by atoms with Crippen molar-refractivity contribution in [3.05, 3.63) is 59.3 Å². The number of halogens is 2. The Kier molecular flexibility index (Phi) is 6.47. The Morgan fingerprint density at radius 2 is 1.81 bits per heavy atom. The first-order valence-electron chi connectivity index (χ1n) is 7.10. The summed E-state index contributed by atoms with van der Waals surface area (Å²) < 4.78 is 26.5. The average Bonchev–Trinajstić information content (AvgIpc) is 2.37. The fraction of sp³-hybridized carbons (Fsp3) is 0.389. The highest BCUT2D eigenvalue weighted by atomic mass is 19.1. The van der Waals surface area contributed by atoms with Gasteiger partial charge in [0.15, 0.2) is 0 Å². The highest BCUT2D eigenvalue weighted by Crippen LogP contribution is 2.40. The first-order chi connectivity index (χ1) is 9.86. The number of rotatable bonds is 5. The predicted molar refractivity (Wildman–Crippen MR) is 83.1 cm³/mol.